The van der Waals surface area contributed by atoms with Crippen molar-refractivity contribution in [2.45, 2.75) is 32.6 Å². The maximum Gasteiger partial charge on any atom is 0.228 e. The van der Waals surface area contributed by atoms with Gasteiger partial charge in [0.05, 0.1) is 12.8 Å². The van der Waals surface area contributed by atoms with Gasteiger partial charge in [-0.3, -0.25) is 4.79 Å². The first-order valence-electron chi connectivity index (χ1n) is 6.24. The Morgan fingerprint density at radius 2 is 2.00 bits per heavy atom. The summed E-state index contributed by atoms with van der Waals surface area (Å²) in [6.45, 7) is 6.79. The summed E-state index contributed by atoms with van der Waals surface area (Å²) < 4.78 is 5.25. The van der Waals surface area contributed by atoms with Crippen LogP contribution in [0.3, 0.4) is 0 Å². The van der Waals surface area contributed by atoms with Gasteiger partial charge in [0.25, 0.3) is 0 Å². The number of hydrogen-bond acceptors (Lipinski definition) is 4. The SMILES string of the molecule is COc1c(N=O)cc(C(C)(C)C)cc1N1CCC1=O. The van der Waals surface area contributed by atoms with E-state index < -0.39 is 0 Å². The number of nitroso groups, excluding NO2 is 1. The first kappa shape index (κ1) is 13.5. The molecule has 5 nitrogen and oxygen atoms in total. The van der Waals surface area contributed by atoms with Gasteiger partial charge in [0, 0.05) is 13.0 Å². The number of amides is 1. The molecule has 0 atom stereocenters. The summed E-state index contributed by atoms with van der Waals surface area (Å²) in [5.41, 5.74) is 1.71. The molecule has 0 unspecified atom stereocenters. The fourth-order valence-electron chi connectivity index (χ4n) is 2.08. The van der Waals surface area contributed by atoms with Gasteiger partial charge in [0.2, 0.25) is 5.91 Å². The van der Waals surface area contributed by atoms with E-state index in [1.165, 1.54) is 7.11 Å². The Morgan fingerprint density at radius 1 is 1.32 bits per heavy atom. The van der Waals surface area contributed by atoms with Crippen LogP contribution in [0, 0.1) is 4.91 Å². The topological polar surface area (TPSA) is 59.0 Å². The van der Waals surface area contributed by atoms with Crippen LogP contribution in [0.4, 0.5) is 11.4 Å². The number of β-lactam (4-membered cyclic amide) rings is 1. The number of nitrogens with zero attached hydrogens (tertiary/aromatic N) is 2. The van der Waals surface area contributed by atoms with Crippen molar-refractivity contribution in [2.24, 2.45) is 5.18 Å². The Bertz CT molecular complexity index is 532. The van der Waals surface area contributed by atoms with Gasteiger partial charge in [0.1, 0.15) is 0 Å². The number of ether oxygens (including phenoxy) is 1. The zero-order valence-electron chi connectivity index (χ0n) is 11.7. The molecule has 0 aliphatic carbocycles. The maximum atomic E-state index is 11.6. The molecule has 0 bridgehead atoms. The van der Waals surface area contributed by atoms with Gasteiger partial charge in [-0.15, -0.1) is 4.91 Å². The number of carbonyl (C=O) groups is 1. The van der Waals surface area contributed by atoms with E-state index in [1.54, 1.807) is 11.0 Å². The molecule has 0 aromatic heterocycles. The molecule has 1 aliphatic rings. The summed E-state index contributed by atoms with van der Waals surface area (Å²) in [6.07, 6.45) is 0.534. The minimum absolute atomic E-state index is 0.0428. The molecule has 1 fully saturated rings. The molecule has 0 saturated carbocycles. The molecule has 2 rings (SSSR count). The summed E-state index contributed by atoms with van der Waals surface area (Å²) in [5.74, 6) is 0.414. The number of hydrogen-bond donors (Lipinski definition) is 0. The quantitative estimate of drug-likeness (QED) is 0.621. The Hall–Kier alpha value is -1.91. The molecule has 0 spiro atoms. The van der Waals surface area contributed by atoms with Gasteiger partial charge in [-0.2, -0.15) is 0 Å². The van der Waals surface area contributed by atoms with Crippen molar-refractivity contribution in [1.29, 1.82) is 0 Å². The van der Waals surface area contributed by atoms with Crippen molar-refractivity contribution in [2.75, 3.05) is 18.6 Å². The summed E-state index contributed by atoms with van der Waals surface area (Å²) in [7, 11) is 1.48. The highest BCUT2D eigenvalue weighted by molar-refractivity contribution is 6.01. The van der Waals surface area contributed by atoms with Crippen molar-refractivity contribution in [1.82, 2.24) is 0 Å². The third kappa shape index (κ3) is 2.32. The molecule has 1 aliphatic heterocycles. The molecule has 19 heavy (non-hydrogen) atoms. The molecule has 5 heteroatoms. The van der Waals surface area contributed by atoms with E-state index in [9.17, 15) is 9.70 Å². The zero-order chi connectivity index (χ0) is 14.2. The molecule has 0 radical (unpaired) electrons. The van der Waals surface area contributed by atoms with Gasteiger partial charge in [0.15, 0.2) is 11.4 Å². The minimum Gasteiger partial charge on any atom is -0.492 e. The van der Waals surface area contributed by atoms with Gasteiger partial charge in [-0.05, 0) is 28.3 Å². The van der Waals surface area contributed by atoms with Gasteiger partial charge in [-0.1, -0.05) is 20.8 Å². The Balaban J connectivity index is 2.61. The number of rotatable bonds is 3. The van der Waals surface area contributed by atoms with Crippen LogP contribution in [0.15, 0.2) is 17.3 Å². The third-order valence-corrected chi connectivity index (χ3v) is 3.36. The first-order chi connectivity index (χ1) is 8.88. The molecular formula is C14H18N2O3. The largest absolute Gasteiger partial charge is 0.492 e. The van der Waals surface area contributed by atoms with Crippen molar-refractivity contribution in [3.63, 3.8) is 0 Å². The van der Waals surface area contributed by atoms with Gasteiger partial charge in [-0.25, -0.2) is 0 Å². The molecular weight excluding hydrogens is 244 g/mol. The van der Waals surface area contributed by atoms with Crippen LogP contribution >= 0.6 is 0 Å². The molecule has 102 valence electrons. The van der Waals surface area contributed by atoms with E-state index in [0.717, 1.165) is 5.56 Å². The second-order valence-corrected chi connectivity index (χ2v) is 5.68. The molecule has 1 saturated heterocycles. The Morgan fingerprint density at radius 3 is 2.37 bits per heavy atom. The Kier molecular flexibility index (Phi) is 3.30. The van der Waals surface area contributed by atoms with Gasteiger partial charge >= 0.3 is 0 Å². The third-order valence-electron chi connectivity index (χ3n) is 3.36. The molecule has 1 aromatic rings. The summed E-state index contributed by atoms with van der Waals surface area (Å²) in [6, 6.07) is 3.63. The number of benzene rings is 1. The average molecular weight is 262 g/mol. The van der Waals surface area contributed by atoms with E-state index in [2.05, 4.69) is 5.18 Å². The van der Waals surface area contributed by atoms with Crippen molar-refractivity contribution in [3.8, 4) is 5.75 Å². The average Bonchev–Trinajstić information content (AvgIpc) is 2.34. The van der Waals surface area contributed by atoms with E-state index in [4.69, 9.17) is 4.74 Å². The van der Waals surface area contributed by atoms with E-state index in [-0.39, 0.29) is 17.0 Å². The van der Waals surface area contributed by atoms with Crippen LogP contribution in [0.1, 0.15) is 32.8 Å². The highest BCUT2D eigenvalue weighted by Crippen LogP contribution is 2.43. The van der Waals surface area contributed by atoms with Crippen LogP contribution < -0.4 is 9.64 Å². The predicted octanol–water partition coefficient (Wildman–Crippen LogP) is 3.13. The monoisotopic (exact) mass is 262 g/mol. The molecule has 1 heterocycles. The van der Waals surface area contributed by atoms with Crippen molar-refractivity contribution < 1.29 is 9.53 Å². The van der Waals surface area contributed by atoms with E-state index >= 15 is 0 Å². The van der Waals surface area contributed by atoms with Crippen LogP contribution in [0.2, 0.25) is 0 Å². The minimum atomic E-state index is -0.131. The zero-order valence-corrected chi connectivity index (χ0v) is 11.7. The lowest BCUT2D eigenvalue weighted by atomic mass is 9.86. The van der Waals surface area contributed by atoms with Crippen molar-refractivity contribution in [3.05, 3.63) is 22.6 Å². The standard InChI is InChI=1S/C14H18N2O3/c1-14(2,3)9-7-10(15-18)13(19-4)11(8-9)16-6-5-12(16)17/h7-8H,5-6H2,1-4H3. The summed E-state index contributed by atoms with van der Waals surface area (Å²) in [5, 5.41) is 3.03. The van der Waals surface area contributed by atoms with Gasteiger partial charge < -0.3 is 9.64 Å². The molecule has 1 aromatic carbocycles. The van der Waals surface area contributed by atoms with E-state index in [1.807, 2.05) is 26.8 Å². The van der Waals surface area contributed by atoms with Crippen LogP contribution in [-0.4, -0.2) is 19.6 Å². The molecule has 0 N–H and O–H groups in total. The summed E-state index contributed by atoms with van der Waals surface area (Å²) >= 11 is 0. The van der Waals surface area contributed by atoms with Crippen LogP contribution in [0.25, 0.3) is 0 Å². The fourth-order valence-corrected chi connectivity index (χ4v) is 2.08. The second-order valence-electron chi connectivity index (χ2n) is 5.68. The van der Waals surface area contributed by atoms with E-state index in [0.29, 0.717) is 24.4 Å². The Labute approximate surface area is 112 Å². The van der Waals surface area contributed by atoms with Crippen LogP contribution in [0.5, 0.6) is 5.75 Å². The molecule has 1 amide bonds. The lowest BCUT2D eigenvalue weighted by Gasteiger charge is -2.33. The predicted molar refractivity (Wildman–Crippen MR) is 74.1 cm³/mol. The summed E-state index contributed by atoms with van der Waals surface area (Å²) in [4.78, 5) is 24.2. The van der Waals surface area contributed by atoms with Crippen LogP contribution in [-0.2, 0) is 10.2 Å². The number of carbonyl (C=O) groups excluding carboxylic acids is 1. The first-order valence-corrected chi connectivity index (χ1v) is 6.24. The van der Waals surface area contributed by atoms with Crippen molar-refractivity contribution >= 4 is 17.3 Å². The normalized spacial score (nSPS) is 15.2. The number of anilines is 1. The smallest absolute Gasteiger partial charge is 0.228 e. The number of methoxy groups -OCH3 is 1. The lowest BCUT2D eigenvalue weighted by molar-refractivity contribution is -0.122. The second kappa shape index (κ2) is 4.64. The lowest BCUT2D eigenvalue weighted by Crippen LogP contribution is -2.43. The highest BCUT2D eigenvalue weighted by Gasteiger charge is 2.31. The fraction of sp³-hybridized carbons (Fsp3) is 0.500. The maximum absolute atomic E-state index is 11.6. The highest BCUT2D eigenvalue weighted by atomic mass is 16.5.